The molecule has 1 saturated heterocycles. The normalized spacial score (nSPS) is 16.6. The van der Waals surface area contributed by atoms with Crippen molar-refractivity contribution in [2.75, 3.05) is 38.1 Å². The molecule has 1 atom stereocenters. The average Bonchev–Trinajstić information content (AvgIpc) is 2.61. The van der Waals surface area contributed by atoms with Gasteiger partial charge in [-0.3, -0.25) is 9.69 Å². The van der Waals surface area contributed by atoms with E-state index in [2.05, 4.69) is 24.1 Å². The summed E-state index contributed by atoms with van der Waals surface area (Å²) in [5.41, 5.74) is 2.06. The number of ether oxygens (including phenoxy) is 1. The van der Waals surface area contributed by atoms with Crippen LogP contribution in [0.1, 0.15) is 39.2 Å². The summed E-state index contributed by atoms with van der Waals surface area (Å²) in [5.74, 6) is 0.446. The van der Waals surface area contributed by atoms with E-state index in [4.69, 9.17) is 4.74 Å². The Morgan fingerprint density at radius 3 is 2.20 bits per heavy atom. The summed E-state index contributed by atoms with van der Waals surface area (Å²) in [4.78, 5) is 28.0. The smallest absolute Gasteiger partial charge is 0.409 e. The molecule has 25 heavy (non-hydrogen) atoms. The van der Waals surface area contributed by atoms with Gasteiger partial charge in [0.25, 0.3) is 0 Å². The van der Waals surface area contributed by atoms with Crippen molar-refractivity contribution in [1.29, 1.82) is 0 Å². The Bertz CT molecular complexity index is 578. The fourth-order valence-corrected chi connectivity index (χ4v) is 2.87. The van der Waals surface area contributed by atoms with Gasteiger partial charge in [-0.05, 0) is 37.5 Å². The second kappa shape index (κ2) is 8.85. The molecular formula is C19H29N3O3. The summed E-state index contributed by atoms with van der Waals surface area (Å²) in [6.07, 6.45) is -0.274. The number of hydrogen-bond donors (Lipinski definition) is 1. The number of carbonyl (C=O) groups excluding carboxylic acids is 2. The highest BCUT2D eigenvalue weighted by atomic mass is 16.6. The van der Waals surface area contributed by atoms with Crippen LogP contribution in [0.25, 0.3) is 0 Å². The number of anilines is 1. The lowest BCUT2D eigenvalue weighted by atomic mass is 10.0. The zero-order valence-corrected chi connectivity index (χ0v) is 15.6. The third-order valence-corrected chi connectivity index (χ3v) is 4.61. The van der Waals surface area contributed by atoms with Crippen LogP contribution in [-0.4, -0.2) is 60.6 Å². The van der Waals surface area contributed by atoms with Gasteiger partial charge in [0.05, 0.1) is 12.6 Å². The summed E-state index contributed by atoms with van der Waals surface area (Å²) in [5, 5.41) is 2.97. The first-order valence-electron chi connectivity index (χ1n) is 8.99. The molecule has 2 amide bonds. The van der Waals surface area contributed by atoms with E-state index in [1.807, 2.05) is 31.2 Å². The van der Waals surface area contributed by atoms with Crippen molar-refractivity contribution in [1.82, 2.24) is 9.80 Å². The minimum absolute atomic E-state index is 0.0260. The maximum absolute atomic E-state index is 12.5. The van der Waals surface area contributed by atoms with Crippen LogP contribution >= 0.6 is 0 Å². The van der Waals surface area contributed by atoms with E-state index in [9.17, 15) is 9.59 Å². The Morgan fingerprint density at radius 2 is 1.68 bits per heavy atom. The Morgan fingerprint density at radius 1 is 1.08 bits per heavy atom. The fraction of sp³-hybridized carbons (Fsp3) is 0.579. The van der Waals surface area contributed by atoms with Gasteiger partial charge in [-0.2, -0.15) is 0 Å². The molecule has 0 bridgehead atoms. The van der Waals surface area contributed by atoms with E-state index in [1.165, 1.54) is 5.56 Å². The van der Waals surface area contributed by atoms with E-state index < -0.39 is 0 Å². The topological polar surface area (TPSA) is 61.9 Å². The Balaban J connectivity index is 1.85. The molecule has 0 saturated carbocycles. The second-order valence-corrected chi connectivity index (χ2v) is 6.66. The number of carbonyl (C=O) groups is 2. The third-order valence-electron chi connectivity index (χ3n) is 4.61. The Labute approximate surface area is 150 Å². The highest BCUT2D eigenvalue weighted by molar-refractivity contribution is 5.94. The third kappa shape index (κ3) is 5.19. The van der Waals surface area contributed by atoms with Crippen molar-refractivity contribution in [3.8, 4) is 0 Å². The molecule has 138 valence electrons. The standard InChI is InChI=1S/C19H29N3O3/c1-5-25-19(24)22-12-10-21(11-13-22)15(4)18(23)20-17-8-6-16(7-9-17)14(2)3/h6-9,14-15H,5,10-13H2,1-4H3,(H,20,23)/t15-/m0/s1. The molecule has 1 aromatic rings. The summed E-state index contributed by atoms with van der Waals surface area (Å²) in [6, 6.07) is 7.73. The van der Waals surface area contributed by atoms with Crippen molar-refractivity contribution >= 4 is 17.7 Å². The van der Waals surface area contributed by atoms with Gasteiger partial charge in [0.2, 0.25) is 5.91 Å². The lowest BCUT2D eigenvalue weighted by Gasteiger charge is -2.36. The number of hydrogen-bond acceptors (Lipinski definition) is 4. The number of nitrogens with zero attached hydrogens (tertiary/aromatic N) is 2. The van der Waals surface area contributed by atoms with Gasteiger partial charge in [-0.15, -0.1) is 0 Å². The lowest BCUT2D eigenvalue weighted by Crippen LogP contribution is -2.54. The predicted molar refractivity (Wildman–Crippen MR) is 98.8 cm³/mol. The molecule has 1 aromatic carbocycles. The molecule has 1 fully saturated rings. The van der Waals surface area contributed by atoms with Gasteiger partial charge in [0.15, 0.2) is 0 Å². The second-order valence-electron chi connectivity index (χ2n) is 6.66. The molecule has 6 nitrogen and oxygen atoms in total. The molecule has 1 N–H and O–H groups in total. The van der Waals surface area contributed by atoms with Crippen LogP contribution in [0.2, 0.25) is 0 Å². The van der Waals surface area contributed by atoms with E-state index in [0.29, 0.717) is 38.7 Å². The van der Waals surface area contributed by atoms with Gasteiger partial charge in [-0.25, -0.2) is 4.79 Å². The maximum Gasteiger partial charge on any atom is 0.409 e. The molecular weight excluding hydrogens is 318 g/mol. The number of nitrogens with one attached hydrogen (secondary N) is 1. The summed E-state index contributed by atoms with van der Waals surface area (Å²) in [7, 11) is 0. The first-order valence-corrected chi connectivity index (χ1v) is 8.99. The van der Waals surface area contributed by atoms with Crippen LogP contribution in [0, 0.1) is 0 Å². The van der Waals surface area contributed by atoms with Crippen molar-refractivity contribution in [3.63, 3.8) is 0 Å². The average molecular weight is 347 g/mol. The zero-order chi connectivity index (χ0) is 18.4. The number of rotatable bonds is 5. The first kappa shape index (κ1) is 19.2. The van der Waals surface area contributed by atoms with Crippen LogP contribution < -0.4 is 5.32 Å². The fourth-order valence-electron chi connectivity index (χ4n) is 2.87. The quantitative estimate of drug-likeness (QED) is 0.890. The molecule has 1 aliphatic heterocycles. The van der Waals surface area contributed by atoms with Gasteiger partial charge in [0, 0.05) is 31.9 Å². The van der Waals surface area contributed by atoms with Gasteiger partial charge >= 0.3 is 6.09 Å². The molecule has 0 spiro atoms. The monoisotopic (exact) mass is 347 g/mol. The minimum Gasteiger partial charge on any atom is -0.450 e. The van der Waals surface area contributed by atoms with E-state index in [0.717, 1.165) is 5.69 Å². The van der Waals surface area contributed by atoms with E-state index in [-0.39, 0.29) is 18.0 Å². The predicted octanol–water partition coefficient (Wildman–Crippen LogP) is 2.91. The largest absolute Gasteiger partial charge is 0.450 e. The zero-order valence-electron chi connectivity index (χ0n) is 15.6. The number of amides is 2. The van der Waals surface area contributed by atoms with Crippen molar-refractivity contribution in [2.24, 2.45) is 0 Å². The van der Waals surface area contributed by atoms with Crippen molar-refractivity contribution in [3.05, 3.63) is 29.8 Å². The van der Waals surface area contributed by atoms with Gasteiger partial charge < -0.3 is 15.0 Å². The van der Waals surface area contributed by atoms with Crippen LogP contribution in [0.3, 0.4) is 0 Å². The lowest BCUT2D eigenvalue weighted by molar-refractivity contribution is -0.121. The highest BCUT2D eigenvalue weighted by Crippen LogP contribution is 2.18. The number of piperazine rings is 1. The maximum atomic E-state index is 12.5. The molecule has 1 heterocycles. The van der Waals surface area contributed by atoms with Crippen LogP contribution in [0.5, 0.6) is 0 Å². The molecule has 0 unspecified atom stereocenters. The molecule has 1 aliphatic rings. The molecule has 2 rings (SSSR count). The van der Waals surface area contributed by atoms with Crippen LogP contribution in [0.4, 0.5) is 10.5 Å². The van der Waals surface area contributed by atoms with E-state index in [1.54, 1.807) is 11.8 Å². The van der Waals surface area contributed by atoms with Gasteiger partial charge in [-0.1, -0.05) is 26.0 Å². The van der Waals surface area contributed by atoms with Crippen molar-refractivity contribution in [2.45, 2.75) is 39.7 Å². The van der Waals surface area contributed by atoms with Crippen LogP contribution in [0.15, 0.2) is 24.3 Å². The minimum atomic E-state index is -0.274. The van der Waals surface area contributed by atoms with Gasteiger partial charge in [0.1, 0.15) is 0 Å². The number of benzene rings is 1. The first-order chi connectivity index (χ1) is 11.9. The Hall–Kier alpha value is -2.08. The highest BCUT2D eigenvalue weighted by Gasteiger charge is 2.27. The molecule has 0 radical (unpaired) electrons. The molecule has 0 aromatic heterocycles. The summed E-state index contributed by atoms with van der Waals surface area (Å²) >= 11 is 0. The summed E-state index contributed by atoms with van der Waals surface area (Å²) in [6.45, 7) is 10.9. The van der Waals surface area contributed by atoms with Crippen LogP contribution in [-0.2, 0) is 9.53 Å². The summed E-state index contributed by atoms with van der Waals surface area (Å²) < 4.78 is 5.02. The SMILES string of the molecule is CCOC(=O)N1CCN([C@@H](C)C(=O)Nc2ccc(C(C)C)cc2)CC1. The van der Waals surface area contributed by atoms with Crippen molar-refractivity contribution < 1.29 is 14.3 Å². The molecule has 0 aliphatic carbocycles. The Kier molecular flexibility index (Phi) is 6.82. The van der Waals surface area contributed by atoms with E-state index >= 15 is 0 Å². The molecule has 6 heteroatoms.